The van der Waals surface area contributed by atoms with Crippen LogP contribution in [0.5, 0.6) is 11.5 Å². The Labute approximate surface area is 263 Å². The van der Waals surface area contributed by atoms with Crippen molar-refractivity contribution in [2.75, 3.05) is 37.9 Å². The van der Waals surface area contributed by atoms with E-state index in [0.717, 1.165) is 29.0 Å². The zero-order valence-electron chi connectivity index (χ0n) is 24.7. The van der Waals surface area contributed by atoms with Crippen molar-refractivity contribution < 1.29 is 27.5 Å². The van der Waals surface area contributed by atoms with Crippen molar-refractivity contribution >= 4 is 50.7 Å². The number of ether oxygens (including phenoxy) is 2. The molecule has 43 heavy (non-hydrogen) atoms. The summed E-state index contributed by atoms with van der Waals surface area (Å²) in [5.74, 6) is -0.306. The molecule has 0 heterocycles. The fourth-order valence-corrected chi connectivity index (χ4v) is 5.87. The molecule has 12 heteroatoms. The molecule has 3 rings (SSSR count). The summed E-state index contributed by atoms with van der Waals surface area (Å²) in [5, 5.41) is 3.57. The van der Waals surface area contributed by atoms with Gasteiger partial charge in [0.25, 0.3) is 0 Å². The number of unbranched alkanes of at least 4 members (excludes halogenated alkanes) is 1. The molecule has 0 aliphatic rings. The van der Waals surface area contributed by atoms with Crippen LogP contribution >= 0.6 is 23.2 Å². The Balaban J connectivity index is 2.10. The lowest BCUT2D eigenvalue weighted by Gasteiger charge is -2.34. The number of halogens is 2. The van der Waals surface area contributed by atoms with Gasteiger partial charge in [-0.1, -0.05) is 72.9 Å². The number of anilines is 1. The van der Waals surface area contributed by atoms with Gasteiger partial charge in [0.2, 0.25) is 21.8 Å². The monoisotopic (exact) mass is 649 g/mol. The largest absolute Gasteiger partial charge is 0.493 e. The Morgan fingerprint density at radius 1 is 0.930 bits per heavy atom. The molecule has 3 aromatic carbocycles. The predicted octanol–water partition coefficient (Wildman–Crippen LogP) is 5.33. The molecule has 2 amide bonds. The topological polar surface area (TPSA) is 105 Å². The second-order valence-corrected chi connectivity index (χ2v) is 12.6. The summed E-state index contributed by atoms with van der Waals surface area (Å²) in [6.45, 7) is 1.72. The lowest BCUT2D eigenvalue weighted by Crippen LogP contribution is -2.53. The van der Waals surface area contributed by atoms with Crippen molar-refractivity contribution in [1.82, 2.24) is 10.2 Å². The van der Waals surface area contributed by atoms with Gasteiger partial charge in [-0.3, -0.25) is 13.9 Å². The Morgan fingerprint density at radius 3 is 2.16 bits per heavy atom. The third-order valence-corrected chi connectivity index (χ3v) is 8.67. The molecule has 0 bridgehead atoms. The second kappa shape index (κ2) is 15.8. The first-order valence-electron chi connectivity index (χ1n) is 13.7. The van der Waals surface area contributed by atoms with E-state index in [1.807, 2.05) is 37.3 Å². The summed E-state index contributed by atoms with van der Waals surface area (Å²) in [5.41, 5.74) is 1.45. The molecule has 0 fully saturated rings. The minimum atomic E-state index is -3.97. The van der Waals surface area contributed by atoms with E-state index in [1.165, 1.54) is 31.3 Å². The van der Waals surface area contributed by atoms with Crippen LogP contribution in [0.25, 0.3) is 0 Å². The van der Waals surface area contributed by atoms with Crippen LogP contribution < -0.4 is 19.1 Å². The molecule has 0 unspecified atom stereocenters. The molecule has 0 saturated carbocycles. The van der Waals surface area contributed by atoms with Crippen molar-refractivity contribution in [1.29, 1.82) is 0 Å². The quantitative estimate of drug-likeness (QED) is 0.223. The van der Waals surface area contributed by atoms with Gasteiger partial charge in [0.15, 0.2) is 11.5 Å². The average Bonchev–Trinajstić information content (AvgIpc) is 2.98. The maximum absolute atomic E-state index is 14.2. The van der Waals surface area contributed by atoms with Crippen LogP contribution in [0.15, 0.2) is 66.7 Å². The molecular weight excluding hydrogens is 613 g/mol. The molecule has 1 N–H and O–H groups in total. The summed E-state index contributed by atoms with van der Waals surface area (Å²) in [6, 6.07) is 17.8. The van der Waals surface area contributed by atoms with Crippen molar-refractivity contribution in [3.8, 4) is 11.5 Å². The Bertz CT molecular complexity index is 1480. The van der Waals surface area contributed by atoms with Crippen LogP contribution in [0, 0.1) is 0 Å². The highest BCUT2D eigenvalue weighted by molar-refractivity contribution is 7.92. The van der Waals surface area contributed by atoms with E-state index in [2.05, 4.69) is 5.32 Å². The molecule has 9 nitrogen and oxygen atoms in total. The highest BCUT2D eigenvalue weighted by Gasteiger charge is 2.34. The molecule has 0 saturated heterocycles. The predicted molar refractivity (Wildman–Crippen MR) is 171 cm³/mol. The first kappa shape index (κ1) is 34.0. The molecule has 0 aliphatic carbocycles. The molecule has 0 spiro atoms. The Morgan fingerprint density at radius 2 is 1.58 bits per heavy atom. The average molecular weight is 651 g/mol. The molecule has 1 atom stereocenters. The standard InChI is InChI=1S/C31H37Cl2N3O6S/c1-5-6-17-34-31(38)27(18-22-11-8-7-9-12-22)35(20-24-25(32)13-10-14-26(24)33)30(37)21-36(43(4,39)40)23-15-16-28(41-2)29(19-23)42-3/h7-16,19,27H,5-6,17-18,20-21H2,1-4H3,(H,34,38)/t27-/m1/s1. The van der Waals surface area contributed by atoms with Gasteiger partial charge in [-0.15, -0.1) is 0 Å². The van der Waals surface area contributed by atoms with Crippen LogP contribution in [0.3, 0.4) is 0 Å². The third kappa shape index (κ3) is 9.26. The normalized spacial score (nSPS) is 11.9. The van der Waals surface area contributed by atoms with E-state index in [-0.39, 0.29) is 30.3 Å². The number of hydrogen-bond donors (Lipinski definition) is 1. The van der Waals surface area contributed by atoms with Gasteiger partial charge < -0.3 is 19.7 Å². The molecule has 232 valence electrons. The fraction of sp³-hybridized carbons (Fsp3) is 0.355. The van der Waals surface area contributed by atoms with Crippen LogP contribution in [0.1, 0.15) is 30.9 Å². The van der Waals surface area contributed by atoms with Crippen LogP contribution in [0.4, 0.5) is 5.69 Å². The second-order valence-electron chi connectivity index (χ2n) is 9.88. The van der Waals surface area contributed by atoms with Gasteiger partial charge in [-0.05, 0) is 36.2 Å². The maximum Gasteiger partial charge on any atom is 0.244 e. The van der Waals surface area contributed by atoms with E-state index >= 15 is 0 Å². The van der Waals surface area contributed by atoms with Crippen molar-refractivity contribution in [3.63, 3.8) is 0 Å². The molecule has 0 aliphatic heterocycles. The van der Waals surface area contributed by atoms with Crippen molar-refractivity contribution in [2.24, 2.45) is 0 Å². The van der Waals surface area contributed by atoms with Gasteiger partial charge in [-0.25, -0.2) is 8.42 Å². The third-order valence-electron chi connectivity index (χ3n) is 6.83. The number of sulfonamides is 1. The number of carbonyl (C=O) groups excluding carboxylic acids is 2. The van der Waals surface area contributed by atoms with Crippen LogP contribution in [-0.4, -0.2) is 64.7 Å². The number of nitrogens with zero attached hydrogens (tertiary/aromatic N) is 2. The first-order chi connectivity index (χ1) is 20.5. The zero-order chi connectivity index (χ0) is 31.6. The van der Waals surface area contributed by atoms with Gasteiger partial charge >= 0.3 is 0 Å². The van der Waals surface area contributed by atoms with E-state index in [4.69, 9.17) is 32.7 Å². The Hall–Kier alpha value is -3.47. The number of nitrogens with one attached hydrogen (secondary N) is 1. The smallest absolute Gasteiger partial charge is 0.244 e. The Kier molecular flexibility index (Phi) is 12.5. The van der Waals surface area contributed by atoms with Gasteiger partial charge in [0.1, 0.15) is 12.6 Å². The molecule has 0 aromatic heterocycles. The molecule has 3 aromatic rings. The van der Waals surface area contributed by atoms with E-state index in [1.54, 1.807) is 24.3 Å². The van der Waals surface area contributed by atoms with Gasteiger partial charge in [0, 0.05) is 41.2 Å². The summed E-state index contributed by atoms with van der Waals surface area (Å²) in [4.78, 5) is 29.3. The summed E-state index contributed by atoms with van der Waals surface area (Å²) in [6.07, 6.45) is 2.82. The highest BCUT2D eigenvalue weighted by atomic mass is 35.5. The van der Waals surface area contributed by atoms with Crippen LogP contribution in [-0.2, 0) is 32.6 Å². The van der Waals surface area contributed by atoms with Gasteiger partial charge in [-0.2, -0.15) is 0 Å². The van der Waals surface area contributed by atoms with Gasteiger partial charge in [0.05, 0.1) is 26.2 Å². The number of benzene rings is 3. The minimum Gasteiger partial charge on any atom is -0.493 e. The number of amides is 2. The lowest BCUT2D eigenvalue weighted by atomic mass is 10.0. The summed E-state index contributed by atoms with van der Waals surface area (Å²) in [7, 11) is -1.07. The summed E-state index contributed by atoms with van der Waals surface area (Å²) < 4.78 is 37.7. The first-order valence-corrected chi connectivity index (χ1v) is 16.3. The molecular formula is C31H37Cl2N3O6S. The lowest BCUT2D eigenvalue weighted by molar-refractivity contribution is -0.140. The summed E-state index contributed by atoms with van der Waals surface area (Å²) >= 11 is 13.0. The van der Waals surface area contributed by atoms with E-state index in [9.17, 15) is 18.0 Å². The zero-order valence-corrected chi connectivity index (χ0v) is 27.0. The van der Waals surface area contributed by atoms with Crippen LogP contribution in [0.2, 0.25) is 10.0 Å². The SMILES string of the molecule is CCCCNC(=O)[C@@H](Cc1ccccc1)N(Cc1c(Cl)cccc1Cl)C(=O)CN(c1ccc(OC)c(OC)c1)S(C)(=O)=O. The van der Waals surface area contributed by atoms with Crippen molar-refractivity contribution in [2.45, 2.75) is 38.8 Å². The molecule has 0 radical (unpaired) electrons. The van der Waals surface area contributed by atoms with E-state index < -0.39 is 28.5 Å². The minimum absolute atomic E-state index is 0.125. The highest BCUT2D eigenvalue weighted by Crippen LogP contribution is 2.33. The maximum atomic E-state index is 14.2. The number of methoxy groups -OCH3 is 2. The number of hydrogen-bond acceptors (Lipinski definition) is 6. The van der Waals surface area contributed by atoms with Crippen molar-refractivity contribution in [3.05, 3.63) is 87.9 Å². The number of rotatable bonds is 15. The van der Waals surface area contributed by atoms with E-state index in [0.29, 0.717) is 27.9 Å². The number of carbonyl (C=O) groups is 2. The fourth-order valence-electron chi connectivity index (χ4n) is 4.51.